The minimum atomic E-state index is -3.99. The summed E-state index contributed by atoms with van der Waals surface area (Å²) in [7, 11) is -2.57. The highest BCUT2D eigenvalue weighted by Gasteiger charge is 2.19. The molecule has 7 nitrogen and oxygen atoms in total. The number of nitrogens with one attached hydrogen (secondary N) is 2. The van der Waals surface area contributed by atoms with Gasteiger partial charge in [-0.1, -0.05) is 35.9 Å². The maximum Gasteiger partial charge on any atom is 0.262 e. The van der Waals surface area contributed by atoms with E-state index in [9.17, 15) is 13.2 Å². The van der Waals surface area contributed by atoms with Gasteiger partial charge < -0.3 is 14.8 Å². The highest BCUT2D eigenvalue weighted by atomic mass is 35.5. The van der Waals surface area contributed by atoms with Crippen molar-refractivity contribution in [2.24, 2.45) is 0 Å². The molecule has 0 atom stereocenters. The number of carbonyl (C=O) groups excluding carboxylic acids is 1. The maximum absolute atomic E-state index is 13.0. The monoisotopic (exact) mass is 446 g/mol. The number of hydrogen-bond acceptors (Lipinski definition) is 5. The Morgan fingerprint density at radius 2 is 1.57 bits per heavy atom. The summed E-state index contributed by atoms with van der Waals surface area (Å²) in [6, 6.07) is 17.6. The molecule has 30 heavy (non-hydrogen) atoms. The molecule has 0 bridgehead atoms. The Morgan fingerprint density at radius 3 is 2.23 bits per heavy atom. The molecule has 9 heteroatoms. The summed E-state index contributed by atoms with van der Waals surface area (Å²) < 4.78 is 39.4. The Labute approximate surface area is 179 Å². The maximum atomic E-state index is 13.0. The van der Waals surface area contributed by atoms with Gasteiger partial charge in [0.2, 0.25) is 5.91 Å². The van der Waals surface area contributed by atoms with E-state index >= 15 is 0 Å². The molecule has 0 radical (unpaired) electrons. The topological polar surface area (TPSA) is 93.7 Å². The summed E-state index contributed by atoms with van der Waals surface area (Å²) in [5.74, 6) is 0.661. The minimum Gasteiger partial charge on any atom is -0.495 e. The highest BCUT2D eigenvalue weighted by Crippen LogP contribution is 2.35. The lowest BCUT2D eigenvalue weighted by molar-refractivity contribution is -0.114. The normalized spacial score (nSPS) is 10.9. The van der Waals surface area contributed by atoms with Crippen LogP contribution in [0.4, 0.5) is 11.4 Å². The van der Waals surface area contributed by atoms with Crippen LogP contribution in [0.15, 0.2) is 71.6 Å². The molecule has 0 heterocycles. The summed E-state index contributed by atoms with van der Waals surface area (Å²) in [5.41, 5.74) is 0.475. The van der Waals surface area contributed by atoms with Crippen molar-refractivity contribution in [1.82, 2.24) is 0 Å². The number of methoxy groups -OCH3 is 1. The lowest BCUT2D eigenvalue weighted by atomic mass is 10.3. The fraction of sp³-hybridized carbons (Fsp3) is 0.0952. The van der Waals surface area contributed by atoms with Gasteiger partial charge in [0.05, 0.1) is 28.4 Å². The second-order valence-corrected chi connectivity index (χ2v) is 8.27. The Kier molecular flexibility index (Phi) is 6.49. The average molecular weight is 447 g/mol. The van der Waals surface area contributed by atoms with Crippen LogP contribution in [0.2, 0.25) is 5.02 Å². The Morgan fingerprint density at radius 1 is 0.900 bits per heavy atom. The van der Waals surface area contributed by atoms with E-state index in [4.69, 9.17) is 21.1 Å². The van der Waals surface area contributed by atoms with Crippen LogP contribution in [-0.4, -0.2) is 21.4 Å². The van der Waals surface area contributed by atoms with E-state index in [0.717, 1.165) is 0 Å². The molecule has 0 saturated carbocycles. The first-order chi connectivity index (χ1) is 14.3. The lowest BCUT2D eigenvalue weighted by Crippen LogP contribution is -2.15. The fourth-order valence-electron chi connectivity index (χ4n) is 2.63. The van der Waals surface area contributed by atoms with Crippen molar-refractivity contribution in [3.63, 3.8) is 0 Å². The van der Waals surface area contributed by atoms with Crippen LogP contribution in [-0.2, 0) is 14.8 Å². The van der Waals surface area contributed by atoms with Gasteiger partial charge in [-0.25, -0.2) is 8.42 Å². The number of para-hydroxylation sites is 3. The zero-order valence-electron chi connectivity index (χ0n) is 16.2. The van der Waals surface area contributed by atoms with Crippen LogP contribution < -0.4 is 19.5 Å². The van der Waals surface area contributed by atoms with E-state index in [2.05, 4.69) is 10.0 Å². The molecule has 3 aromatic carbocycles. The molecule has 3 aromatic rings. The van der Waals surface area contributed by atoms with Gasteiger partial charge >= 0.3 is 0 Å². The summed E-state index contributed by atoms with van der Waals surface area (Å²) in [5, 5.41) is 2.95. The van der Waals surface area contributed by atoms with Gasteiger partial charge in [0.1, 0.15) is 11.5 Å². The summed E-state index contributed by atoms with van der Waals surface area (Å²) in [6.45, 7) is 1.32. The molecule has 0 fully saturated rings. The van der Waals surface area contributed by atoms with Gasteiger partial charge in [0, 0.05) is 6.92 Å². The Hall–Kier alpha value is -3.23. The zero-order valence-corrected chi connectivity index (χ0v) is 17.8. The summed E-state index contributed by atoms with van der Waals surface area (Å²) in [4.78, 5) is 11.4. The van der Waals surface area contributed by atoms with Crippen molar-refractivity contribution >= 4 is 38.9 Å². The molecular weight excluding hydrogens is 428 g/mol. The molecule has 0 aromatic heterocycles. The van der Waals surface area contributed by atoms with Crippen molar-refractivity contribution in [2.75, 3.05) is 17.1 Å². The number of halogens is 1. The average Bonchev–Trinajstić information content (AvgIpc) is 2.70. The first-order valence-electron chi connectivity index (χ1n) is 8.80. The first kappa shape index (κ1) is 21.5. The summed E-state index contributed by atoms with van der Waals surface area (Å²) >= 11 is 6.13. The Bertz CT molecular complexity index is 1180. The van der Waals surface area contributed by atoms with E-state index in [1.165, 1.54) is 32.2 Å². The second-order valence-electron chi connectivity index (χ2n) is 6.18. The third-order valence-corrected chi connectivity index (χ3v) is 5.66. The fourth-order valence-corrected chi connectivity index (χ4v) is 3.90. The van der Waals surface area contributed by atoms with Crippen LogP contribution >= 0.6 is 11.6 Å². The van der Waals surface area contributed by atoms with E-state index in [0.29, 0.717) is 16.5 Å². The largest absolute Gasteiger partial charge is 0.495 e. The van der Waals surface area contributed by atoms with Gasteiger partial charge in [-0.3, -0.25) is 9.52 Å². The number of sulfonamides is 1. The Balaban J connectivity index is 1.93. The van der Waals surface area contributed by atoms with Crippen LogP contribution in [0.5, 0.6) is 17.2 Å². The van der Waals surface area contributed by atoms with Gasteiger partial charge in [-0.2, -0.15) is 0 Å². The molecule has 2 N–H and O–H groups in total. The molecule has 0 unspecified atom stereocenters. The van der Waals surface area contributed by atoms with E-state index < -0.39 is 10.0 Å². The van der Waals surface area contributed by atoms with Crippen molar-refractivity contribution < 1.29 is 22.7 Å². The van der Waals surface area contributed by atoms with Crippen molar-refractivity contribution in [3.05, 3.63) is 71.8 Å². The molecule has 156 valence electrons. The highest BCUT2D eigenvalue weighted by molar-refractivity contribution is 7.92. The molecule has 0 spiro atoms. The third kappa shape index (κ3) is 5.03. The number of rotatable bonds is 7. The number of anilines is 2. The van der Waals surface area contributed by atoms with E-state index in [-0.39, 0.29) is 27.9 Å². The number of amides is 1. The zero-order chi connectivity index (χ0) is 21.7. The number of hydrogen-bond donors (Lipinski definition) is 2. The van der Waals surface area contributed by atoms with Crippen LogP contribution in [0.25, 0.3) is 0 Å². The van der Waals surface area contributed by atoms with Crippen molar-refractivity contribution in [1.29, 1.82) is 0 Å². The van der Waals surface area contributed by atoms with E-state index in [1.807, 2.05) is 0 Å². The molecule has 3 rings (SSSR count). The molecular formula is C21H19ClN2O5S. The first-order valence-corrected chi connectivity index (χ1v) is 10.7. The predicted octanol–water partition coefficient (Wildman–Crippen LogP) is 4.90. The standard InChI is InChI=1S/C21H19ClN2O5S/c1-14(25)23-18-13-15(11-12-20(18)28-2)30(26,27)24-17-8-4-6-10-21(17)29-19-9-5-3-7-16(19)22/h3-13,24H,1-2H3,(H,23,25). The van der Waals surface area contributed by atoms with Gasteiger partial charge in [-0.05, 0) is 42.5 Å². The molecule has 1 amide bonds. The second kappa shape index (κ2) is 9.06. The molecule has 0 aliphatic rings. The summed E-state index contributed by atoms with van der Waals surface area (Å²) in [6.07, 6.45) is 0. The molecule has 0 aliphatic heterocycles. The lowest BCUT2D eigenvalue weighted by Gasteiger charge is -2.15. The van der Waals surface area contributed by atoms with Gasteiger partial charge in [-0.15, -0.1) is 0 Å². The van der Waals surface area contributed by atoms with Crippen LogP contribution in [0, 0.1) is 0 Å². The van der Waals surface area contributed by atoms with Crippen LogP contribution in [0.1, 0.15) is 6.92 Å². The van der Waals surface area contributed by atoms with Gasteiger partial charge in [0.25, 0.3) is 10.0 Å². The number of carbonyl (C=O) groups is 1. The smallest absolute Gasteiger partial charge is 0.262 e. The molecule has 0 aliphatic carbocycles. The quantitative estimate of drug-likeness (QED) is 0.538. The third-order valence-electron chi connectivity index (χ3n) is 3.98. The van der Waals surface area contributed by atoms with Crippen molar-refractivity contribution in [3.8, 4) is 17.2 Å². The SMILES string of the molecule is COc1ccc(S(=O)(=O)Nc2ccccc2Oc2ccccc2Cl)cc1NC(C)=O. The van der Waals surface area contributed by atoms with Gasteiger partial charge in [0.15, 0.2) is 5.75 Å². The van der Waals surface area contributed by atoms with E-state index in [1.54, 1.807) is 48.5 Å². The van der Waals surface area contributed by atoms with Crippen molar-refractivity contribution in [2.45, 2.75) is 11.8 Å². The molecule has 0 saturated heterocycles. The minimum absolute atomic E-state index is 0.0559. The predicted molar refractivity (Wildman–Crippen MR) is 116 cm³/mol. The number of ether oxygens (including phenoxy) is 2. The number of benzene rings is 3. The van der Waals surface area contributed by atoms with Crippen LogP contribution in [0.3, 0.4) is 0 Å².